The van der Waals surface area contributed by atoms with Gasteiger partial charge in [-0.2, -0.15) is 0 Å². The average Bonchev–Trinajstić information content (AvgIpc) is 3.04. The number of rotatable bonds is 3. The molecule has 2 rings (SSSR count). The molecule has 0 aliphatic rings. The highest BCUT2D eigenvalue weighted by Gasteiger charge is 2.12. The third-order valence-electron chi connectivity index (χ3n) is 2.45. The molecule has 1 amide bonds. The molecule has 2 aromatic heterocycles. The van der Waals surface area contributed by atoms with Gasteiger partial charge in [0.05, 0.1) is 15.4 Å². The Hall–Kier alpha value is -1.68. The SMILES string of the molecule is CC(C)c1csc(NC(=O)c2ccc(C#CCO)s2)n1. The molecule has 6 heteroatoms. The molecule has 0 saturated heterocycles. The molecule has 0 spiro atoms. The van der Waals surface area contributed by atoms with Crippen LogP contribution in [0.15, 0.2) is 17.5 Å². The largest absolute Gasteiger partial charge is 0.384 e. The number of aliphatic hydroxyl groups is 1. The molecule has 0 atom stereocenters. The zero-order valence-corrected chi connectivity index (χ0v) is 12.8. The summed E-state index contributed by atoms with van der Waals surface area (Å²) in [7, 11) is 0. The Balaban J connectivity index is 2.05. The molecule has 104 valence electrons. The number of hydrogen-bond donors (Lipinski definition) is 2. The fourth-order valence-corrected chi connectivity index (χ4v) is 3.06. The van der Waals surface area contributed by atoms with Crippen LogP contribution in [0.2, 0.25) is 0 Å². The van der Waals surface area contributed by atoms with Gasteiger partial charge in [0.2, 0.25) is 0 Å². The number of carbonyl (C=O) groups excluding carboxylic acids is 1. The highest BCUT2D eigenvalue weighted by atomic mass is 32.1. The van der Waals surface area contributed by atoms with Gasteiger partial charge in [0.15, 0.2) is 5.13 Å². The Labute approximate surface area is 125 Å². The molecule has 2 heterocycles. The van der Waals surface area contributed by atoms with Gasteiger partial charge in [-0.05, 0) is 18.1 Å². The van der Waals surface area contributed by atoms with E-state index in [0.29, 0.717) is 15.9 Å². The van der Waals surface area contributed by atoms with Gasteiger partial charge >= 0.3 is 0 Å². The smallest absolute Gasteiger partial charge is 0.267 e. The van der Waals surface area contributed by atoms with Crippen molar-refractivity contribution in [2.45, 2.75) is 19.8 Å². The maximum absolute atomic E-state index is 12.0. The van der Waals surface area contributed by atoms with Crippen LogP contribution in [0.5, 0.6) is 0 Å². The highest BCUT2D eigenvalue weighted by Crippen LogP contribution is 2.23. The molecule has 0 saturated carbocycles. The van der Waals surface area contributed by atoms with Gasteiger partial charge in [-0.1, -0.05) is 25.7 Å². The van der Waals surface area contributed by atoms with E-state index in [4.69, 9.17) is 5.11 Å². The number of thiazole rings is 1. The minimum absolute atomic E-state index is 0.184. The Morgan fingerprint density at radius 1 is 1.50 bits per heavy atom. The van der Waals surface area contributed by atoms with E-state index in [2.05, 4.69) is 36.0 Å². The molecule has 0 aliphatic heterocycles. The quantitative estimate of drug-likeness (QED) is 0.857. The monoisotopic (exact) mass is 306 g/mol. The van der Waals surface area contributed by atoms with Crippen LogP contribution in [0.25, 0.3) is 0 Å². The lowest BCUT2D eigenvalue weighted by molar-refractivity contribution is 0.103. The van der Waals surface area contributed by atoms with Gasteiger partial charge in [-0.15, -0.1) is 22.7 Å². The van der Waals surface area contributed by atoms with E-state index < -0.39 is 0 Å². The van der Waals surface area contributed by atoms with Crippen molar-refractivity contribution in [2.24, 2.45) is 0 Å². The number of aliphatic hydroxyl groups excluding tert-OH is 1. The van der Waals surface area contributed by atoms with Crippen molar-refractivity contribution in [1.29, 1.82) is 0 Å². The average molecular weight is 306 g/mol. The van der Waals surface area contributed by atoms with Crippen molar-refractivity contribution in [1.82, 2.24) is 4.98 Å². The van der Waals surface area contributed by atoms with Crippen LogP contribution in [0.3, 0.4) is 0 Å². The molecule has 0 unspecified atom stereocenters. The van der Waals surface area contributed by atoms with E-state index in [-0.39, 0.29) is 12.5 Å². The minimum Gasteiger partial charge on any atom is -0.384 e. The molecule has 0 bridgehead atoms. The molecule has 2 N–H and O–H groups in total. The normalized spacial score (nSPS) is 10.2. The van der Waals surface area contributed by atoms with E-state index >= 15 is 0 Å². The molecule has 2 aromatic rings. The van der Waals surface area contributed by atoms with Crippen LogP contribution in [0, 0.1) is 11.8 Å². The second-order valence-corrected chi connectivity index (χ2v) is 6.25. The number of amides is 1. The lowest BCUT2D eigenvalue weighted by Crippen LogP contribution is -2.09. The third-order valence-corrected chi connectivity index (χ3v) is 4.23. The summed E-state index contributed by atoms with van der Waals surface area (Å²) >= 11 is 2.72. The molecule has 0 radical (unpaired) electrons. The van der Waals surface area contributed by atoms with E-state index in [9.17, 15) is 4.79 Å². The molecular weight excluding hydrogens is 292 g/mol. The number of carbonyl (C=O) groups is 1. The van der Waals surface area contributed by atoms with Gasteiger partial charge in [0, 0.05) is 5.38 Å². The standard InChI is InChI=1S/C14H14N2O2S2/c1-9(2)11-8-19-14(15-11)16-13(18)12-6-5-10(20-12)4-3-7-17/h5-6,8-9,17H,7H2,1-2H3,(H,15,16,18). The highest BCUT2D eigenvalue weighted by molar-refractivity contribution is 7.15. The van der Waals surface area contributed by atoms with E-state index in [0.717, 1.165) is 10.6 Å². The summed E-state index contributed by atoms with van der Waals surface area (Å²) in [4.78, 5) is 17.7. The van der Waals surface area contributed by atoms with Crippen molar-refractivity contribution in [3.8, 4) is 11.8 Å². The topological polar surface area (TPSA) is 62.2 Å². The maximum Gasteiger partial charge on any atom is 0.267 e. The molecule has 4 nitrogen and oxygen atoms in total. The van der Waals surface area contributed by atoms with Crippen molar-refractivity contribution >= 4 is 33.7 Å². The van der Waals surface area contributed by atoms with Crippen LogP contribution in [-0.4, -0.2) is 22.6 Å². The summed E-state index contributed by atoms with van der Waals surface area (Å²) in [6.45, 7) is 3.94. The Bertz CT molecular complexity index is 662. The summed E-state index contributed by atoms with van der Waals surface area (Å²) in [5.41, 5.74) is 0.978. The predicted octanol–water partition coefficient (Wildman–Crippen LogP) is 2.92. The van der Waals surface area contributed by atoms with E-state index in [1.165, 1.54) is 22.7 Å². The first-order valence-corrected chi connectivity index (χ1v) is 7.76. The zero-order chi connectivity index (χ0) is 14.5. The lowest BCUT2D eigenvalue weighted by atomic mass is 10.2. The van der Waals surface area contributed by atoms with E-state index in [1.807, 2.05) is 5.38 Å². The van der Waals surface area contributed by atoms with Crippen molar-refractivity contribution in [2.75, 3.05) is 11.9 Å². The fourth-order valence-electron chi connectivity index (χ4n) is 1.42. The molecule has 20 heavy (non-hydrogen) atoms. The summed E-state index contributed by atoms with van der Waals surface area (Å²) in [5, 5.41) is 14.0. The summed E-state index contributed by atoms with van der Waals surface area (Å²) in [6.07, 6.45) is 0. The van der Waals surface area contributed by atoms with Gasteiger partial charge in [0.25, 0.3) is 5.91 Å². The predicted molar refractivity (Wildman–Crippen MR) is 82.4 cm³/mol. The number of nitrogens with zero attached hydrogens (tertiary/aromatic N) is 1. The first kappa shape index (κ1) is 14.7. The molecular formula is C14H14N2O2S2. The van der Waals surface area contributed by atoms with Gasteiger partial charge in [-0.3, -0.25) is 10.1 Å². The summed E-state index contributed by atoms with van der Waals surface area (Å²) in [5.74, 6) is 5.50. The maximum atomic E-state index is 12.0. The second-order valence-electron chi connectivity index (χ2n) is 4.31. The van der Waals surface area contributed by atoms with Crippen LogP contribution < -0.4 is 5.32 Å². The molecule has 0 fully saturated rings. The van der Waals surface area contributed by atoms with Crippen molar-refractivity contribution < 1.29 is 9.90 Å². The van der Waals surface area contributed by atoms with E-state index in [1.54, 1.807) is 12.1 Å². The number of anilines is 1. The summed E-state index contributed by atoms with van der Waals surface area (Å²) in [6, 6.07) is 3.49. The van der Waals surface area contributed by atoms with Crippen LogP contribution in [0.1, 0.15) is 40.0 Å². The van der Waals surface area contributed by atoms with Crippen LogP contribution >= 0.6 is 22.7 Å². The Kier molecular flexibility index (Phi) is 4.90. The van der Waals surface area contributed by atoms with Crippen molar-refractivity contribution in [3.05, 3.63) is 33.0 Å². The molecule has 0 aliphatic carbocycles. The van der Waals surface area contributed by atoms with Crippen molar-refractivity contribution in [3.63, 3.8) is 0 Å². The minimum atomic E-state index is -0.184. The zero-order valence-electron chi connectivity index (χ0n) is 11.1. The first-order valence-electron chi connectivity index (χ1n) is 6.06. The Morgan fingerprint density at radius 3 is 2.95 bits per heavy atom. The third kappa shape index (κ3) is 3.67. The Morgan fingerprint density at radius 2 is 2.30 bits per heavy atom. The van der Waals surface area contributed by atoms with Gasteiger partial charge in [-0.25, -0.2) is 4.98 Å². The second kappa shape index (κ2) is 6.66. The first-order chi connectivity index (χ1) is 9.60. The summed E-state index contributed by atoms with van der Waals surface area (Å²) < 4.78 is 0. The number of hydrogen-bond acceptors (Lipinski definition) is 5. The lowest BCUT2D eigenvalue weighted by Gasteiger charge is -1.99. The molecule has 0 aromatic carbocycles. The fraction of sp³-hybridized carbons (Fsp3) is 0.286. The number of nitrogens with one attached hydrogen (secondary N) is 1. The van der Waals surface area contributed by atoms with Crippen LogP contribution in [0.4, 0.5) is 5.13 Å². The number of aromatic nitrogens is 1. The van der Waals surface area contributed by atoms with Crippen LogP contribution in [-0.2, 0) is 0 Å². The van der Waals surface area contributed by atoms with Gasteiger partial charge < -0.3 is 5.11 Å². The van der Waals surface area contributed by atoms with Gasteiger partial charge in [0.1, 0.15) is 6.61 Å². The number of thiophene rings is 1.